The van der Waals surface area contributed by atoms with Crippen LogP contribution >= 0.6 is 0 Å². The van der Waals surface area contributed by atoms with Crippen LogP contribution in [0.2, 0.25) is 0 Å². The number of nitrogens with one attached hydrogen (secondary N) is 1. The zero-order valence-corrected chi connectivity index (χ0v) is 15.9. The molecule has 0 bridgehead atoms. The minimum Gasteiger partial charge on any atom is -0.492 e. The van der Waals surface area contributed by atoms with E-state index in [0.717, 1.165) is 25.1 Å². The average molecular weight is 350 g/mol. The van der Waals surface area contributed by atoms with Crippen LogP contribution in [0.25, 0.3) is 0 Å². The third kappa shape index (κ3) is 6.34. The summed E-state index contributed by atoms with van der Waals surface area (Å²) in [6.45, 7) is 3.79. The quantitative estimate of drug-likeness (QED) is 0.488. The minimum absolute atomic E-state index is 0.451. The van der Waals surface area contributed by atoms with E-state index in [1.54, 1.807) is 5.57 Å². The first-order valence-corrected chi connectivity index (χ1v) is 9.96. The summed E-state index contributed by atoms with van der Waals surface area (Å²) in [6.07, 6.45) is 9.80. The molecule has 138 valence electrons. The van der Waals surface area contributed by atoms with Crippen LogP contribution in [0.3, 0.4) is 0 Å². The number of rotatable bonds is 9. The highest BCUT2D eigenvalue weighted by molar-refractivity contribution is 5.30. The van der Waals surface area contributed by atoms with Gasteiger partial charge in [-0.1, -0.05) is 54.1 Å². The Bertz CT molecular complexity index is 675. The molecule has 3 rings (SSSR count). The molecule has 0 saturated carbocycles. The number of hydrogen-bond acceptors (Lipinski definition) is 2. The summed E-state index contributed by atoms with van der Waals surface area (Å²) in [5, 5.41) is 3.53. The van der Waals surface area contributed by atoms with E-state index in [4.69, 9.17) is 4.74 Å². The molecule has 1 aliphatic rings. The van der Waals surface area contributed by atoms with Crippen molar-refractivity contribution >= 4 is 0 Å². The maximum absolute atomic E-state index is 5.87. The van der Waals surface area contributed by atoms with Crippen molar-refractivity contribution in [3.63, 3.8) is 0 Å². The van der Waals surface area contributed by atoms with Gasteiger partial charge in [-0.05, 0) is 68.7 Å². The number of ether oxygens (including phenoxy) is 1. The summed E-state index contributed by atoms with van der Waals surface area (Å²) >= 11 is 0. The summed E-state index contributed by atoms with van der Waals surface area (Å²) in [6, 6.07) is 19.7. The van der Waals surface area contributed by atoms with E-state index in [2.05, 4.69) is 72.9 Å². The maximum Gasteiger partial charge on any atom is 0.119 e. The Labute approximate surface area is 158 Å². The van der Waals surface area contributed by atoms with Gasteiger partial charge in [0.2, 0.25) is 0 Å². The molecule has 1 atom stereocenters. The summed E-state index contributed by atoms with van der Waals surface area (Å²) < 4.78 is 5.87. The summed E-state index contributed by atoms with van der Waals surface area (Å²) in [5.74, 6) is 0.962. The maximum atomic E-state index is 5.87. The highest BCUT2D eigenvalue weighted by atomic mass is 16.5. The van der Waals surface area contributed by atoms with Gasteiger partial charge in [0, 0.05) is 12.6 Å². The standard InChI is InChI=1S/C24H31NO/c1-20(18-21-8-4-2-5-9-21)25-16-17-26-24-14-12-23(13-15-24)19-22-10-6-3-7-11-22/h2,4-5,8-10,12-15,20,25H,3,6-7,11,16-19H2,1H3. The summed E-state index contributed by atoms with van der Waals surface area (Å²) in [7, 11) is 0. The monoisotopic (exact) mass is 349 g/mol. The topological polar surface area (TPSA) is 21.3 Å². The predicted molar refractivity (Wildman–Crippen MR) is 110 cm³/mol. The molecule has 2 aromatic carbocycles. The normalized spacial score (nSPS) is 15.3. The van der Waals surface area contributed by atoms with Gasteiger partial charge >= 0.3 is 0 Å². The Morgan fingerprint density at radius 3 is 2.50 bits per heavy atom. The molecule has 0 saturated heterocycles. The van der Waals surface area contributed by atoms with Crippen LogP contribution in [0.4, 0.5) is 0 Å². The molecule has 0 amide bonds. The van der Waals surface area contributed by atoms with E-state index in [0.29, 0.717) is 12.6 Å². The lowest BCUT2D eigenvalue weighted by molar-refractivity contribution is 0.306. The zero-order valence-electron chi connectivity index (χ0n) is 15.9. The molecule has 26 heavy (non-hydrogen) atoms. The fourth-order valence-corrected chi connectivity index (χ4v) is 3.54. The molecule has 0 radical (unpaired) electrons. The van der Waals surface area contributed by atoms with Gasteiger partial charge in [-0.2, -0.15) is 0 Å². The van der Waals surface area contributed by atoms with Crippen LogP contribution in [0.15, 0.2) is 66.2 Å². The lowest BCUT2D eigenvalue weighted by Crippen LogP contribution is -2.31. The van der Waals surface area contributed by atoms with Gasteiger partial charge in [-0.25, -0.2) is 0 Å². The van der Waals surface area contributed by atoms with Gasteiger partial charge in [-0.3, -0.25) is 0 Å². The van der Waals surface area contributed by atoms with Gasteiger partial charge in [0.25, 0.3) is 0 Å². The molecule has 0 aliphatic heterocycles. The Morgan fingerprint density at radius 1 is 0.962 bits per heavy atom. The third-order valence-corrected chi connectivity index (χ3v) is 4.99. The van der Waals surface area contributed by atoms with Crippen molar-refractivity contribution < 1.29 is 4.74 Å². The van der Waals surface area contributed by atoms with Gasteiger partial charge in [0.1, 0.15) is 12.4 Å². The van der Waals surface area contributed by atoms with Crippen molar-refractivity contribution in [3.8, 4) is 5.75 Å². The Kier molecular flexibility index (Phi) is 7.33. The number of hydrogen-bond donors (Lipinski definition) is 1. The van der Waals surface area contributed by atoms with Crippen LogP contribution < -0.4 is 10.1 Å². The third-order valence-electron chi connectivity index (χ3n) is 4.99. The first-order chi connectivity index (χ1) is 12.8. The highest BCUT2D eigenvalue weighted by Crippen LogP contribution is 2.22. The van der Waals surface area contributed by atoms with Crippen molar-refractivity contribution in [3.05, 3.63) is 77.4 Å². The fourth-order valence-electron chi connectivity index (χ4n) is 3.54. The first kappa shape index (κ1) is 18.7. The molecule has 2 aromatic rings. The molecule has 0 heterocycles. The van der Waals surface area contributed by atoms with Gasteiger partial charge in [-0.15, -0.1) is 0 Å². The van der Waals surface area contributed by atoms with Crippen LogP contribution in [0.1, 0.15) is 43.7 Å². The molecule has 2 nitrogen and oxygen atoms in total. The molecule has 1 N–H and O–H groups in total. The molecule has 1 aliphatic carbocycles. The first-order valence-electron chi connectivity index (χ1n) is 9.96. The van der Waals surface area contributed by atoms with E-state index in [1.807, 2.05) is 0 Å². The van der Waals surface area contributed by atoms with E-state index in [1.165, 1.54) is 36.8 Å². The van der Waals surface area contributed by atoms with Crippen LogP contribution in [0.5, 0.6) is 5.75 Å². The lowest BCUT2D eigenvalue weighted by atomic mass is 9.94. The van der Waals surface area contributed by atoms with E-state index in [9.17, 15) is 0 Å². The second-order valence-electron chi connectivity index (χ2n) is 7.32. The average Bonchev–Trinajstić information content (AvgIpc) is 2.68. The second-order valence-corrected chi connectivity index (χ2v) is 7.32. The minimum atomic E-state index is 0.451. The Morgan fingerprint density at radius 2 is 1.77 bits per heavy atom. The van der Waals surface area contributed by atoms with Crippen LogP contribution in [-0.4, -0.2) is 19.2 Å². The molecule has 1 unspecified atom stereocenters. The van der Waals surface area contributed by atoms with E-state index < -0.39 is 0 Å². The van der Waals surface area contributed by atoms with Crippen molar-refractivity contribution in [2.24, 2.45) is 0 Å². The molecule has 0 fully saturated rings. The van der Waals surface area contributed by atoms with Crippen LogP contribution in [0, 0.1) is 0 Å². The van der Waals surface area contributed by atoms with Gasteiger partial charge in [0.05, 0.1) is 0 Å². The van der Waals surface area contributed by atoms with Gasteiger partial charge in [0.15, 0.2) is 0 Å². The smallest absolute Gasteiger partial charge is 0.119 e. The van der Waals surface area contributed by atoms with E-state index >= 15 is 0 Å². The molecule has 0 spiro atoms. The predicted octanol–water partition coefficient (Wildman–Crippen LogP) is 5.33. The van der Waals surface area contributed by atoms with E-state index in [-0.39, 0.29) is 0 Å². The summed E-state index contributed by atoms with van der Waals surface area (Å²) in [5.41, 5.74) is 4.36. The number of allylic oxidation sites excluding steroid dienone is 2. The lowest BCUT2D eigenvalue weighted by Gasteiger charge is -2.15. The molecule has 2 heteroatoms. The van der Waals surface area contributed by atoms with Gasteiger partial charge < -0.3 is 10.1 Å². The summed E-state index contributed by atoms with van der Waals surface area (Å²) in [4.78, 5) is 0. The number of benzene rings is 2. The van der Waals surface area contributed by atoms with Crippen molar-refractivity contribution in [2.45, 2.75) is 51.5 Å². The second kappa shape index (κ2) is 10.2. The largest absolute Gasteiger partial charge is 0.492 e. The highest BCUT2D eigenvalue weighted by Gasteiger charge is 2.05. The Balaban J connectivity index is 1.35. The van der Waals surface area contributed by atoms with Crippen molar-refractivity contribution in [1.29, 1.82) is 0 Å². The molecular weight excluding hydrogens is 318 g/mol. The molecule has 0 aromatic heterocycles. The Hall–Kier alpha value is -2.06. The van der Waals surface area contributed by atoms with Crippen molar-refractivity contribution in [1.82, 2.24) is 5.32 Å². The zero-order chi connectivity index (χ0) is 18.0. The van der Waals surface area contributed by atoms with Crippen molar-refractivity contribution in [2.75, 3.05) is 13.2 Å². The van der Waals surface area contributed by atoms with Crippen LogP contribution in [-0.2, 0) is 12.8 Å². The fraction of sp³-hybridized carbons (Fsp3) is 0.417. The SMILES string of the molecule is CC(Cc1ccccc1)NCCOc1ccc(CC2=CCCCC2)cc1. The molecular formula is C24H31NO.